The van der Waals surface area contributed by atoms with Crippen LogP contribution in [0.3, 0.4) is 0 Å². The zero-order chi connectivity index (χ0) is 34.7. The van der Waals surface area contributed by atoms with Gasteiger partial charge in [-0.05, 0) is 105 Å². The van der Waals surface area contributed by atoms with Gasteiger partial charge in [0.1, 0.15) is 0 Å². The van der Waals surface area contributed by atoms with Crippen molar-refractivity contribution < 1.29 is 0 Å². The number of fused-ring (bicyclic) bond motifs is 6. The maximum atomic E-state index is 2.68. The number of aryl methyl sites for hydroxylation is 1. The van der Waals surface area contributed by atoms with Crippen LogP contribution in [-0.2, 0) is 16.2 Å². The van der Waals surface area contributed by atoms with Crippen molar-refractivity contribution >= 4 is 46.2 Å². The molecule has 0 bridgehead atoms. The smallest absolute Gasteiger partial charge is 0.333 e. The zero-order valence-electron chi connectivity index (χ0n) is 30.6. The third-order valence-electron chi connectivity index (χ3n) is 12.0. The summed E-state index contributed by atoms with van der Waals surface area (Å²) in [6.45, 7) is 19.0. The number of anilines is 5. The van der Waals surface area contributed by atoms with E-state index in [1.165, 1.54) is 83.9 Å². The van der Waals surface area contributed by atoms with E-state index >= 15 is 0 Å². The predicted molar refractivity (Wildman–Crippen MR) is 214 cm³/mol. The van der Waals surface area contributed by atoms with Gasteiger partial charge in [0, 0.05) is 44.8 Å². The summed E-state index contributed by atoms with van der Waals surface area (Å²) < 4.78 is 0. The molecule has 2 nitrogen and oxygen atoms in total. The second-order valence-corrected chi connectivity index (χ2v) is 16.7. The molecular weight excluding hydrogens is 603 g/mol. The Morgan fingerprint density at radius 1 is 0.520 bits per heavy atom. The van der Waals surface area contributed by atoms with Crippen molar-refractivity contribution in [1.82, 2.24) is 0 Å². The second kappa shape index (κ2) is 10.5. The van der Waals surface area contributed by atoms with Gasteiger partial charge in [0.05, 0.1) is 0 Å². The van der Waals surface area contributed by atoms with Gasteiger partial charge in [0.2, 0.25) is 0 Å². The molecule has 0 N–H and O–H groups in total. The second-order valence-electron chi connectivity index (χ2n) is 16.7. The van der Waals surface area contributed by atoms with E-state index in [4.69, 9.17) is 0 Å². The minimum Gasteiger partial charge on any atom is -0.376 e. The van der Waals surface area contributed by atoms with Crippen LogP contribution in [0, 0.1) is 6.92 Å². The van der Waals surface area contributed by atoms with Gasteiger partial charge in [-0.1, -0.05) is 133 Å². The molecule has 3 aliphatic rings. The molecule has 50 heavy (non-hydrogen) atoms. The first-order valence-electron chi connectivity index (χ1n) is 18.2. The van der Waals surface area contributed by atoms with Crippen LogP contribution >= 0.6 is 0 Å². The van der Waals surface area contributed by atoms with E-state index in [9.17, 15) is 0 Å². The van der Waals surface area contributed by atoms with Crippen molar-refractivity contribution in [3.63, 3.8) is 0 Å². The van der Waals surface area contributed by atoms with E-state index in [1.54, 1.807) is 0 Å². The van der Waals surface area contributed by atoms with Crippen LogP contribution < -0.4 is 20.6 Å². The van der Waals surface area contributed by atoms with Crippen LogP contribution in [0.5, 0.6) is 0 Å². The summed E-state index contributed by atoms with van der Waals surface area (Å²) in [5.41, 5.74) is 19.6. The van der Waals surface area contributed by atoms with Crippen molar-refractivity contribution in [1.29, 1.82) is 0 Å². The van der Waals surface area contributed by atoms with Crippen molar-refractivity contribution in [3.8, 4) is 11.1 Å². The van der Waals surface area contributed by atoms with Gasteiger partial charge in [-0.3, -0.25) is 0 Å². The van der Waals surface area contributed by atoms with Crippen LogP contribution in [0.1, 0.15) is 81.8 Å². The summed E-state index contributed by atoms with van der Waals surface area (Å²) in [5.74, 6) is 0. The average molecular weight is 649 g/mol. The highest BCUT2D eigenvalue weighted by Gasteiger charge is 2.48. The number of hydrogen-bond acceptors (Lipinski definition) is 2. The van der Waals surface area contributed by atoms with Gasteiger partial charge < -0.3 is 9.71 Å². The third-order valence-corrected chi connectivity index (χ3v) is 12.0. The summed E-state index contributed by atoms with van der Waals surface area (Å²) in [5, 5.41) is 0. The first kappa shape index (κ1) is 31.0. The molecule has 0 amide bonds. The van der Waals surface area contributed by atoms with Crippen molar-refractivity contribution in [3.05, 3.63) is 161 Å². The van der Waals surface area contributed by atoms with E-state index in [0.29, 0.717) is 0 Å². The third kappa shape index (κ3) is 4.22. The van der Waals surface area contributed by atoms with Crippen molar-refractivity contribution in [2.24, 2.45) is 0 Å². The Labute approximate surface area is 298 Å². The number of benzene rings is 6. The van der Waals surface area contributed by atoms with Gasteiger partial charge in [-0.25, -0.2) is 0 Å². The number of rotatable bonds is 2. The molecule has 0 spiro atoms. The number of para-hydroxylation sites is 3. The highest BCUT2D eigenvalue weighted by Crippen LogP contribution is 2.55. The minimum atomic E-state index is -0.152. The molecule has 246 valence electrons. The molecule has 2 heterocycles. The fourth-order valence-electron chi connectivity index (χ4n) is 9.24. The molecule has 9 rings (SSSR count). The lowest BCUT2D eigenvalue weighted by Gasteiger charge is -2.49. The molecule has 6 aromatic carbocycles. The van der Waals surface area contributed by atoms with Crippen LogP contribution in [0.2, 0.25) is 0 Å². The molecule has 0 unspecified atom stereocenters. The quantitative estimate of drug-likeness (QED) is 0.172. The predicted octanol–water partition coefficient (Wildman–Crippen LogP) is 11.0. The summed E-state index contributed by atoms with van der Waals surface area (Å²) in [6.07, 6.45) is 0. The van der Waals surface area contributed by atoms with Crippen LogP contribution in [0.15, 0.2) is 127 Å². The maximum Gasteiger partial charge on any atom is 0.333 e. The SMILES string of the molecule is Cc1ccccc1N1B2c3ccccc3N(c3ccccc3)c3cc(C(C)(C)C)cc(c32)-c2cc3c(cc21)C(C)(C)c1ccccc1C3(C)C. The number of hydrogen-bond donors (Lipinski definition) is 0. The summed E-state index contributed by atoms with van der Waals surface area (Å²) >= 11 is 0. The summed E-state index contributed by atoms with van der Waals surface area (Å²) in [4.78, 5) is 5.20. The van der Waals surface area contributed by atoms with E-state index in [2.05, 4.69) is 192 Å². The molecule has 2 aliphatic heterocycles. The van der Waals surface area contributed by atoms with Crippen LogP contribution in [0.25, 0.3) is 11.1 Å². The maximum absolute atomic E-state index is 2.68. The van der Waals surface area contributed by atoms with E-state index < -0.39 is 0 Å². The van der Waals surface area contributed by atoms with Crippen LogP contribution in [0.4, 0.5) is 28.4 Å². The first-order chi connectivity index (χ1) is 23.9. The Morgan fingerprint density at radius 3 is 1.76 bits per heavy atom. The molecule has 0 saturated carbocycles. The normalized spacial score (nSPS) is 16.2. The largest absolute Gasteiger partial charge is 0.376 e. The molecule has 0 atom stereocenters. The molecule has 0 radical (unpaired) electrons. The Hall–Kier alpha value is -5.02. The van der Waals surface area contributed by atoms with E-state index in [1.807, 2.05) is 0 Å². The highest BCUT2D eigenvalue weighted by atomic mass is 15.2. The Balaban J connectivity index is 1.45. The summed E-state index contributed by atoms with van der Waals surface area (Å²) in [6, 6.07) is 48.3. The fourth-order valence-corrected chi connectivity index (χ4v) is 9.24. The van der Waals surface area contributed by atoms with Crippen molar-refractivity contribution in [2.75, 3.05) is 9.71 Å². The Kier molecular flexibility index (Phi) is 6.51. The standard InChI is InChI=1S/C47H45BN2/c1-30-18-12-16-24-40(30)50-42-29-38-37(46(5,6)35-21-13-14-22-36(35)47(38,7)8)28-33(42)34-26-31(45(2,3)4)27-43-44(34)48(50)39-23-15-17-25-41(39)49(43)32-19-10-9-11-20-32/h9-29H,1-8H3. The zero-order valence-corrected chi connectivity index (χ0v) is 30.6. The van der Waals surface area contributed by atoms with Gasteiger partial charge in [-0.2, -0.15) is 0 Å². The number of nitrogens with zero attached hydrogens (tertiary/aromatic N) is 2. The van der Waals surface area contributed by atoms with Crippen LogP contribution in [-0.4, -0.2) is 6.85 Å². The van der Waals surface area contributed by atoms with Gasteiger partial charge >= 0.3 is 6.85 Å². The summed E-state index contributed by atoms with van der Waals surface area (Å²) in [7, 11) is 0. The van der Waals surface area contributed by atoms with Crippen molar-refractivity contribution in [2.45, 2.75) is 71.6 Å². The Bertz CT molecular complexity index is 2340. The lowest BCUT2D eigenvalue weighted by Crippen LogP contribution is -2.62. The highest BCUT2D eigenvalue weighted by molar-refractivity contribution is 6.93. The lowest BCUT2D eigenvalue weighted by atomic mass is 9.43. The molecule has 1 aliphatic carbocycles. The molecule has 6 aromatic rings. The topological polar surface area (TPSA) is 6.48 Å². The van der Waals surface area contributed by atoms with Gasteiger partial charge in [-0.15, -0.1) is 0 Å². The lowest BCUT2D eigenvalue weighted by molar-refractivity contribution is 0.521. The molecule has 0 aromatic heterocycles. The fraction of sp³-hybridized carbons (Fsp3) is 0.234. The average Bonchev–Trinajstić information content (AvgIpc) is 3.11. The molecule has 0 fully saturated rings. The molecule has 0 saturated heterocycles. The molecular formula is C47H45BN2. The Morgan fingerprint density at radius 2 is 1.10 bits per heavy atom. The monoisotopic (exact) mass is 648 g/mol. The minimum absolute atomic E-state index is 0.00355. The van der Waals surface area contributed by atoms with E-state index in [0.717, 1.165) is 0 Å². The van der Waals surface area contributed by atoms with E-state index in [-0.39, 0.29) is 23.1 Å². The van der Waals surface area contributed by atoms with Gasteiger partial charge in [0.25, 0.3) is 0 Å². The van der Waals surface area contributed by atoms with Gasteiger partial charge in [0.15, 0.2) is 0 Å². The molecule has 3 heteroatoms. The first-order valence-corrected chi connectivity index (χ1v) is 18.2.